The van der Waals surface area contributed by atoms with Gasteiger partial charge in [0.05, 0.1) is 17.9 Å². The summed E-state index contributed by atoms with van der Waals surface area (Å²) in [5.74, 6) is -1.81. The lowest BCUT2D eigenvalue weighted by Crippen LogP contribution is -2.24. The number of aromatic amines is 1. The topological polar surface area (TPSA) is 110 Å². The fraction of sp³-hybridized carbons (Fsp3) is 0. The number of carbonyl (C=O) groups excluding carboxylic acids is 2. The van der Waals surface area contributed by atoms with E-state index in [4.69, 9.17) is 0 Å². The van der Waals surface area contributed by atoms with Gasteiger partial charge in [-0.1, -0.05) is 60.7 Å². The van der Waals surface area contributed by atoms with Crippen LogP contribution >= 0.6 is 0 Å². The molecule has 0 bridgehead atoms. The van der Waals surface area contributed by atoms with Crippen molar-refractivity contribution in [2.75, 3.05) is 0 Å². The van der Waals surface area contributed by atoms with Crippen LogP contribution in [0.25, 0.3) is 22.0 Å². The molecule has 0 atom stereocenters. The van der Waals surface area contributed by atoms with Gasteiger partial charge in [-0.15, -0.1) is 0 Å². The van der Waals surface area contributed by atoms with Crippen LogP contribution < -0.4 is 10.5 Å². The summed E-state index contributed by atoms with van der Waals surface area (Å²) in [7, 11) is 0. The highest BCUT2D eigenvalue weighted by atomic mass is 16.4. The Labute approximate surface area is 165 Å². The van der Waals surface area contributed by atoms with Crippen molar-refractivity contribution in [3.63, 3.8) is 0 Å². The van der Waals surface area contributed by atoms with Crippen molar-refractivity contribution in [1.82, 2.24) is 15.6 Å². The van der Waals surface area contributed by atoms with Gasteiger partial charge in [0.25, 0.3) is 5.91 Å². The van der Waals surface area contributed by atoms with Crippen LogP contribution in [0.3, 0.4) is 0 Å². The summed E-state index contributed by atoms with van der Waals surface area (Å²) in [5.41, 5.74) is 4.42. The van der Waals surface area contributed by atoms with E-state index in [9.17, 15) is 14.7 Å². The third-order valence-electron chi connectivity index (χ3n) is 4.42. The van der Waals surface area contributed by atoms with Crippen molar-refractivity contribution in [3.05, 3.63) is 89.6 Å². The molecule has 0 radical (unpaired) electrons. The van der Waals surface area contributed by atoms with E-state index < -0.39 is 11.9 Å². The van der Waals surface area contributed by atoms with Crippen molar-refractivity contribution in [1.29, 1.82) is 0 Å². The number of carboxylic acids is 1. The Balaban J connectivity index is 1.49. The average Bonchev–Trinajstić information content (AvgIpc) is 3.24. The molecular weight excluding hydrogens is 368 g/mol. The predicted molar refractivity (Wildman–Crippen MR) is 107 cm³/mol. The first-order valence-corrected chi connectivity index (χ1v) is 8.80. The number of carboxylic acid groups (broad SMARTS) is 1. The van der Waals surface area contributed by atoms with E-state index >= 15 is 0 Å². The largest absolute Gasteiger partial charge is 0.545 e. The van der Waals surface area contributed by atoms with E-state index in [1.54, 1.807) is 24.3 Å². The van der Waals surface area contributed by atoms with Crippen molar-refractivity contribution < 1.29 is 14.7 Å². The maximum absolute atomic E-state index is 12.3. The Bertz CT molecular complexity index is 1240. The number of hydrazone groups is 1. The highest BCUT2D eigenvalue weighted by molar-refractivity contribution is 5.98. The fourth-order valence-corrected chi connectivity index (χ4v) is 2.95. The average molecular weight is 383 g/mol. The van der Waals surface area contributed by atoms with Crippen molar-refractivity contribution in [3.8, 4) is 11.3 Å². The Hall–Kier alpha value is -4.26. The minimum Gasteiger partial charge on any atom is -0.545 e. The van der Waals surface area contributed by atoms with Crippen LogP contribution in [0.2, 0.25) is 0 Å². The summed E-state index contributed by atoms with van der Waals surface area (Å²) < 4.78 is 0. The first-order valence-electron chi connectivity index (χ1n) is 8.80. The lowest BCUT2D eigenvalue weighted by Gasteiger charge is -2.05. The van der Waals surface area contributed by atoms with E-state index in [1.165, 1.54) is 12.3 Å². The molecule has 4 rings (SSSR count). The third-order valence-corrected chi connectivity index (χ3v) is 4.42. The summed E-state index contributed by atoms with van der Waals surface area (Å²) in [5, 5.41) is 24.0. The van der Waals surface area contributed by atoms with Gasteiger partial charge in [0.15, 0.2) is 0 Å². The smallest absolute Gasteiger partial charge is 0.289 e. The molecule has 3 aromatic carbocycles. The second-order valence-corrected chi connectivity index (χ2v) is 6.30. The molecule has 2 N–H and O–H groups in total. The van der Waals surface area contributed by atoms with Crippen LogP contribution in [0.15, 0.2) is 77.9 Å². The zero-order valence-electron chi connectivity index (χ0n) is 15.1. The van der Waals surface area contributed by atoms with Gasteiger partial charge in [-0.25, -0.2) is 5.43 Å². The number of hydrogen-bond acceptors (Lipinski definition) is 5. The molecule has 1 aromatic heterocycles. The number of aromatic carboxylic acids is 1. The molecule has 0 unspecified atom stereocenters. The van der Waals surface area contributed by atoms with Crippen LogP contribution in [0.4, 0.5) is 0 Å². The van der Waals surface area contributed by atoms with Crippen molar-refractivity contribution in [2.24, 2.45) is 5.10 Å². The van der Waals surface area contributed by atoms with Gasteiger partial charge in [-0.05, 0) is 22.9 Å². The number of aromatic nitrogens is 2. The quantitative estimate of drug-likeness (QED) is 0.407. The molecule has 1 amide bonds. The second-order valence-electron chi connectivity index (χ2n) is 6.30. The summed E-state index contributed by atoms with van der Waals surface area (Å²) in [4.78, 5) is 23.4. The van der Waals surface area contributed by atoms with Crippen molar-refractivity contribution in [2.45, 2.75) is 0 Å². The molecule has 4 aromatic rings. The van der Waals surface area contributed by atoms with Crippen LogP contribution in [0.1, 0.15) is 26.4 Å². The van der Waals surface area contributed by atoms with E-state index in [-0.39, 0.29) is 11.3 Å². The normalized spacial score (nSPS) is 11.0. The van der Waals surface area contributed by atoms with E-state index in [0.29, 0.717) is 11.3 Å². The van der Waals surface area contributed by atoms with Crippen LogP contribution in [-0.2, 0) is 0 Å². The number of nitrogens with one attached hydrogen (secondary N) is 2. The molecule has 7 nitrogen and oxygen atoms in total. The van der Waals surface area contributed by atoms with Gasteiger partial charge >= 0.3 is 0 Å². The van der Waals surface area contributed by atoms with Gasteiger partial charge in [-0.2, -0.15) is 10.2 Å². The second kappa shape index (κ2) is 7.77. The molecule has 0 saturated carbocycles. The Morgan fingerprint density at radius 3 is 2.55 bits per heavy atom. The zero-order chi connectivity index (χ0) is 20.2. The Morgan fingerprint density at radius 2 is 1.72 bits per heavy atom. The lowest BCUT2D eigenvalue weighted by atomic mass is 10.1. The first-order chi connectivity index (χ1) is 14.1. The molecular formula is C22H15N4O3-. The van der Waals surface area contributed by atoms with Crippen LogP contribution in [0, 0.1) is 0 Å². The summed E-state index contributed by atoms with van der Waals surface area (Å²) in [6.07, 6.45) is 1.25. The predicted octanol–water partition coefficient (Wildman–Crippen LogP) is 2.36. The number of H-pyrrole nitrogens is 1. The molecule has 142 valence electrons. The molecule has 0 saturated heterocycles. The fourth-order valence-electron chi connectivity index (χ4n) is 2.95. The summed E-state index contributed by atoms with van der Waals surface area (Å²) in [6.45, 7) is 0. The SMILES string of the molecule is O=C(N/N=C\c1ccccc1C(=O)[O-])c1cc(-c2ccc3ccccc3c2)n[nH]1. The Kier molecular flexibility index (Phi) is 4.86. The van der Waals surface area contributed by atoms with E-state index in [0.717, 1.165) is 16.3 Å². The van der Waals surface area contributed by atoms with E-state index in [1.807, 2.05) is 42.5 Å². The Morgan fingerprint density at radius 1 is 0.966 bits per heavy atom. The monoisotopic (exact) mass is 383 g/mol. The molecule has 1 heterocycles. The highest BCUT2D eigenvalue weighted by Crippen LogP contribution is 2.23. The summed E-state index contributed by atoms with van der Waals surface area (Å²) in [6, 6.07) is 21.8. The summed E-state index contributed by atoms with van der Waals surface area (Å²) >= 11 is 0. The minimum atomic E-state index is -1.31. The molecule has 7 heteroatoms. The number of amides is 1. The van der Waals surface area contributed by atoms with Gasteiger partial charge < -0.3 is 9.90 Å². The highest BCUT2D eigenvalue weighted by Gasteiger charge is 2.11. The number of carbonyl (C=O) groups is 2. The lowest BCUT2D eigenvalue weighted by molar-refractivity contribution is -0.255. The molecule has 0 aliphatic heterocycles. The number of nitrogens with zero attached hydrogens (tertiary/aromatic N) is 2. The van der Waals surface area contributed by atoms with Crippen molar-refractivity contribution >= 4 is 28.9 Å². The van der Waals surface area contributed by atoms with E-state index in [2.05, 4.69) is 20.7 Å². The van der Waals surface area contributed by atoms with Gasteiger partial charge in [0, 0.05) is 16.7 Å². The number of hydrogen-bond donors (Lipinski definition) is 2. The van der Waals surface area contributed by atoms with Gasteiger partial charge in [0.1, 0.15) is 5.69 Å². The standard InChI is InChI=1S/C22H16N4O3/c27-21(26-23-13-17-7-3-4-8-18(17)22(28)29)20-12-19(24-25-20)16-10-9-14-5-1-2-6-15(14)11-16/h1-13H,(H,24,25)(H,26,27)(H,28,29)/p-1/b23-13-. The third kappa shape index (κ3) is 3.89. The maximum Gasteiger partial charge on any atom is 0.289 e. The molecule has 0 aliphatic rings. The number of benzene rings is 3. The molecule has 0 spiro atoms. The van der Waals surface area contributed by atoms with Crippen LogP contribution in [0.5, 0.6) is 0 Å². The number of fused-ring (bicyclic) bond motifs is 1. The number of rotatable bonds is 5. The first kappa shape index (κ1) is 18.1. The zero-order valence-corrected chi connectivity index (χ0v) is 15.1. The molecule has 0 fully saturated rings. The maximum atomic E-state index is 12.3. The van der Waals surface area contributed by atoms with Crippen LogP contribution in [-0.4, -0.2) is 28.3 Å². The minimum absolute atomic E-state index is 0.00868. The molecule has 0 aliphatic carbocycles. The van der Waals surface area contributed by atoms with Gasteiger partial charge in [-0.3, -0.25) is 9.89 Å². The van der Waals surface area contributed by atoms with Gasteiger partial charge in [0.2, 0.25) is 0 Å². The molecule has 29 heavy (non-hydrogen) atoms.